The van der Waals surface area contributed by atoms with E-state index >= 15 is 0 Å². The molecule has 1 aromatic heterocycles. The van der Waals surface area contributed by atoms with Crippen LogP contribution in [-0.4, -0.2) is 18.2 Å². The van der Waals surface area contributed by atoms with Gasteiger partial charge in [-0.1, -0.05) is 44.2 Å². The summed E-state index contributed by atoms with van der Waals surface area (Å²) in [6.07, 6.45) is -3.35. The highest BCUT2D eigenvalue weighted by molar-refractivity contribution is 5.35. The number of pyridine rings is 1. The monoisotopic (exact) mass is 339 g/mol. The molecular formula is C18H20F3NO2. The van der Waals surface area contributed by atoms with Crippen LogP contribution in [0.1, 0.15) is 36.6 Å². The first-order valence-corrected chi connectivity index (χ1v) is 7.69. The van der Waals surface area contributed by atoms with Crippen molar-refractivity contribution in [3.63, 3.8) is 0 Å². The van der Waals surface area contributed by atoms with E-state index in [0.29, 0.717) is 12.3 Å². The fourth-order valence-electron chi connectivity index (χ4n) is 2.09. The van der Waals surface area contributed by atoms with Gasteiger partial charge in [-0.05, 0) is 17.5 Å². The third-order valence-corrected chi connectivity index (χ3v) is 3.38. The van der Waals surface area contributed by atoms with Crippen LogP contribution in [0.4, 0.5) is 13.2 Å². The second kappa shape index (κ2) is 8.15. The van der Waals surface area contributed by atoms with E-state index in [4.69, 9.17) is 9.47 Å². The summed E-state index contributed by atoms with van der Waals surface area (Å²) in [7, 11) is 0. The largest absolute Gasteiger partial charge is 0.489 e. The van der Waals surface area contributed by atoms with E-state index < -0.39 is 11.7 Å². The summed E-state index contributed by atoms with van der Waals surface area (Å²) in [4.78, 5) is 4.03. The summed E-state index contributed by atoms with van der Waals surface area (Å²) >= 11 is 0. The molecule has 0 fully saturated rings. The normalized spacial score (nSPS) is 11.8. The smallest absolute Gasteiger partial charge is 0.420 e. The molecule has 0 saturated heterocycles. The lowest BCUT2D eigenvalue weighted by atomic mass is 10.1. The van der Waals surface area contributed by atoms with Gasteiger partial charge in [0.05, 0.1) is 19.4 Å². The van der Waals surface area contributed by atoms with Crippen LogP contribution in [0, 0.1) is 0 Å². The highest BCUT2D eigenvalue weighted by Crippen LogP contribution is 2.37. The zero-order valence-electron chi connectivity index (χ0n) is 13.6. The molecule has 130 valence electrons. The van der Waals surface area contributed by atoms with Crippen molar-refractivity contribution in [1.29, 1.82) is 0 Å². The lowest BCUT2D eigenvalue weighted by molar-refractivity contribution is -0.139. The summed E-state index contributed by atoms with van der Waals surface area (Å²) in [6, 6.07) is 10.6. The van der Waals surface area contributed by atoms with Crippen LogP contribution in [0.25, 0.3) is 0 Å². The van der Waals surface area contributed by atoms with Gasteiger partial charge in [-0.2, -0.15) is 13.2 Å². The van der Waals surface area contributed by atoms with Crippen molar-refractivity contribution in [2.45, 2.75) is 32.5 Å². The quantitative estimate of drug-likeness (QED) is 0.678. The molecule has 0 amide bonds. The number of benzene rings is 1. The average molecular weight is 339 g/mol. The van der Waals surface area contributed by atoms with Crippen LogP contribution in [-0.2, 0) is 17.5 Å². The van der Waals surface area contributed by atoms with E-state index in [1.807, 2.05) is 30.3 Å². The molecule has 3 nitrogen and oxygen atoms in total. The maximum atomic E-state index is 13.1. The van der Waals surface area contributed by atoms with E-state index in [0.717, 1.165) is 17.8 Å². The molecule has 0 saturated carbocycles. The lowest BCUT2D eigenvalue weighted by Crippen LogP contribution is -2.13. The number of rotatable bonds is 7. The van der Waals surface area contributed by atoms with E-state index in [2.05, 4.69) is 4.98 Å². The summed E-state index contributed by atoms with van der Waals surface area (Å²) in [5.41, 5.74) is 0.579. The second-order valence-electron chi connectivity index (χ2n) is 5.64. The predicted octanol–water partition coefficient (Wildman–Crippen LogP) is 4.82. The van der Waals surface area contributed by atoms with Crippen LogP contribution >= 0.6 is 0 Å². The van der Waals surface area contributed by atoms with Gasteiger partial charge in [-0.3, -0.25) is 4.98 Å². The van der Waals surface area contributed by atoms with E-state index in [9.17, 15) is 13.2 Å². The lowest BCUT2D eigenvalue weighted by Gasteiger charge is -2.16. The van der Waals surface area contributed by atoms with Crippen molar-refractivity contribution in [2.75, 3.05) is 13.2 Å². The Balaban J connectivity index is 1.92. The fraction of sp³-hybridized carbons (Fsp3) is 0.389. The Kier molecular flexibility index (Phi) is 6.20. The predicted molar refractivity (Wildman–Crippen MR) is 84.9 cm³/mol. The number of ether oxygens (including phenoxy) is 2. The summed E-state index contributed by atoms with van der Waals surface area (Å²) in [5, 5.41) is 0. The molecule has 0 N–H and O–H groups in total. The first-order chi connectivity index (χ1) is 11.4. The Hall–Kier alpha value is -2.08. The molecule has 1 aromatic carbocycles. The van der Waals surface area contributed by atoms with Gasteiger partial charge < -0.3 is 9.47 Å². The second-order valence-corrected chi connectivity index (χ2v) is 5.64. The molecule has 2 rings (SSSR count). The number of hydrogen-bond acceptors (Lipinski definition) is 3. The molecular weight excluding hydrogens is 319 g/mol. The highest BCUT2D eigenvalue weighted by atomic mass is 19.4. The van der Waals surface area contributed by atoms with Gasteiger partial charge in [0.15, 0.2) is 0 Å². The standard InChI is InChI=1S/C18H20F3NO2/c1-13(2)16-10-15(18(19,20)21)17(11-22-16)24-9-8-23-12-14-6-4-3-5-7-14/h3-7,10-11,13H,8-9,12H2,1-2H3. The molecule has 0 atom stereocenters. The molecule has 24 heavy (non-hydrogen) atoms. The first kappa shape index (κ1) is 18.3. The van der Waals surface area contributed by atoms with Crippen LogP contribution in [0.3, 0.4) is 0 Å². The maximum Gasteiger partial charge on any atom is 0.420 e. The SMILES string of the molecule is CC(C)c1cc(C(F)(F)F)c(OCCOCc2ccccc2)cn1. The average Bonchev–Trinajstić information content (AvgIpc) is 2.54. The van der Waals surface area contributed by atoms with Crippen molar-refractivity contribution in [3.05, 3.63) is 59.4 Å². The number of nitrogens with zero attached hydrogens (tertiary/aromatic N) is 1. The molecule has 6 heteroatoms. The number of halogens is 3. The third-order valence-electron chi connectivity index (χ3n) is 3.38. The summed E-state index contributed by atoms with van der Waals surface area (Å²) in [6.45, 7) is 4.19. The van der Waals surface area contributed by atoms with Gasteiger partial charge >= 0.3 is 6.18 Å². The maximum absolute atomic E-state index is 13.1. The van der Waals surface area contributed by atoms with Crippen molar-refractivity contribution >= 4 is 0 Å². The van der Waals surface area contributed by atoms with Gasteiger partial charge in [0.2, 0.25) is 0 Å². The minimum atomic E-state index is -4.48. The topological polar surface area (TPSA) is 31.4 Å². The van der Waals surface area contributed by atoms with Crippen LogP contribution in [0.2, 0.25) is 0 Å². The van der Waals surface area contributed by atoms with Crippen molar-refractivity contribution in [2.24, 2.45) is 0 Å². The van der Waals surface area contributed by atoms with Gasteiger partial charge in [0.1, 0.15) is 17.9 Å². The Labute approximate surface area is 139 Å². The molecule has 0 unspecified atom stereocenters. The van der Waals surface area contributed by atoms with Crippen molar-refractivity contribution in [3.8, 4) is 5.75 Å². The van der Waals surface area contributed by atoms with E-state index in [1.165, 1.54) is 0 Å². The summed E-state index contributed by atoms with van der Waals surface area (Å²) < 4.78 is 50.1. The highest BCUT2D eigenvalue weighted by Gasteiger charge is 2.35. The number of hydrogen-bond donors (Lipinski definition) is 0. The van der Waals surface area contributed by atoms with Crippen LogP contribution in [0.5, 0.6) is 5.75 Å². The molecule has 0 aliphatic carbocycles. The fourth-order valence-corrected chi connectivity index (χ4v) is 2.09. The van der Waals surface area contributed by atoms with Gasteiger partial charge in [0, 0.05) is 5.69 Å². The van der Waals surface area contributed by atoms with Gasteiger partial charge in [-0.15, -0.1) is 0 Å². The molecule has 0 spiro atoms. The first-order valence-electron chi connectivity index (χ1n) is 7.69. The number of alkyl halides is 3. The van der Waals surface area contributed by atoms with Crippen LogP contribution < -0.4 is 4.74 Å². The van der Waals surface area contributed by atoms with Gasteiger partial charge in [-0.25, -0.2) is 0 Å². The zero-order chi connectivity index (χ0) is 17.6. The third kappa shape index (κ3) is 5.23. The Morgan fingerprint density at radius 2 is 1.79 bits per heavy atom. The molecule has 0 radical (unpaired) electrons. The molecule has 0 bridgehead atoms. The molecule has 0 aliphatic heterocycles. The Morgan fingerprint density at radius 1 is 1.08 bits per heavy atom. The number of aromatic nitrogens is 1. The van der Waals surface area contributed by atoms with E-state index in [-0.39, 0.29) is 24.9 Å². The minimum Gasteiger partial charge on any atom is -0.489 e. The van der Waals surface area contributed by atoms with E-state index in [1.54, 1.807) is 13.8 Å². The summed E-state index contributed by atoms with van der Waals surface area (Å²) in [5.74, 6) is -0.357. The van der Waals surface area contributed by atoms with Gasteiger partial charge in [0.25, 0.3) is 0 Å². The van der Waals surface area contributed by atoms with Crippen molar-refractivity contribution in [1.82, 2.24) is 4.98 Å². The molecule has 0 aliphatic rings. The zero-order valence-corrected chi connectivity index (χ0v) is 13.6. The Morgan fingerprint density at radius 3 is 2.42 bits per heavy atom. The van der Waals surface area contributed by atoms with Crippen molar-refractivity contribution < 1.29 is 22.6 Å². The minimum absolute atomic E-state index is 0.0264. The Bertz CT molecular complexity index is 642. The molecule has 2 aromatic rings. The molecule has 1 heterocycles. The van der Waals surface area contributed by atoms with Crippen LogP contribution in [0.15, 0.2) is 42.6 Å².